The molecule has 1 N–H and O–H groups in total. The van der Waals surface area contributed by atoms with Crippen molar-refractivity contribution in [1.82, 2.24) is 24.6 Å². The monoisotopic (exact) mass is 369 g/mol. The topological polar surface area (TPSA) is 74.5 Å². The van der Waals surface area contributed by atoms with E-state index in [4.69, 9.17) is 0 Å². The minimum atomic E-state index is -0.460. The Morgan fingerprint density at radius 3 is 2.96 bits per heavy atom. The molecule has 1 atom stereocenters. The Labute approximate surface area is 159 Å². The van der Waals surface area contributed by atoms with Crippen LogP contribution in [0, 0.1) is 5.92 Å². The van der Waals surface area contributed by atoms with Crippen LogP contribution in [0.25, 0.3) is 0 Å². The maximum atomic E-state index is 12.8. The zero-order valence-corrected chi connectivity index (χ0v) is 15.8. The lowest BCUT2D eigenvalue weighted by Gasteiger charge is -2.23. The van der Waals surface area contributed by atoms with E-state index in [0.717, 1.165) is 49.4 Å². The lowest BCUT2D eigenvalue weighted by molar-refractivity contribution is -0.132. The fourth-order valence-electron chi connectivity index (χ4n) is 3.65. The quantitative estimate of drug-likeness (QED) is 0.837. The minimum Gasteiger partial charge on any atom is -0.386 e. The van der Waals surface area contributed by atoms with Crippen LogP contribution >= 0.6 is 0 Å². The Bertz CT molecular complexity index is 787. The molecule has 7 nitrogen and oxygen atoms in total. The number of hydrogen-bond donors (Lipinski definition) is 1. The molecule has 0 unspecified atom stereocenters. The first kappa shape index (κ1) is 18.1. The van der Waals surface area contributed by atoms with Crippen LogP contribution in [-0.2, 0) is 24.4 Å². The van der Waals surface area contributed by atoms with Gasteiger partial charge in [-0.25, -0.2) is 0 Å². The number of likely N-dealkylation sites (N-methyl/N-ethyl adjacent to an activating group) is 1. The molecular formula is C20H27N5O2. The summed E-state index contributed by atoms with van der Waals surface area (Å²) in [6.45, 7) is 3.10. The van der Waals surface area contributed by atoms with Gasteiger partial charge < -0.3 is 10.0 Å². The number of fused-ring (bicyclic) bond motifs is 1. The van der Waals surface area contributed by atoms with Crippen LogP contribution in [0.5, 0.6) is 0 Å². The molecule has 1 aliphatic carbocycles. The fourth-order valence-corrected chi connectivity index (χ4v) is 3.65. The van der Waals surface area contributed by atoms with Crippen molar-refractivity contribution in [3.05, 3.63) is 47.5 Å². The largest absolute Gasteiger partial charge is 0.386 e. The molecule has 1 aliphatic heterocycles. The van der Waals surface area contributed by atoms with Gasteiger partial charge in [0.05, 0.1) is 30.2 Å². The van der Waals surface area contributed by atoms with E-state index in [1.807, 2.05) is 45.8 Å². The lowest BCUT2D eigenvalue weighted by Crippen LogP contribution is -2.38. The first-order chi connectivity index (χ1) is 13.1. The smallest absolute Gasteiger partial charge is 0.237 e. The molecule has 27 heavy (non-hydrogen) atoms. The maximum Gasteiger partial charge on any atom is 0.237 e. The molecule has 1 saturated carbocycles. The van der Waals surface area contributed by atoms with E-state index < -0.39 is 6.10 Å². The predicted octanol–water partition coefficient (Wildman–Crippen LogP) is 1.59. The molecule has 2 aliphatic rings. The van der Waals surface area contributed by atoms with Gasteiger partial charge in [-0.3, -0.25) is 19.4 Å². The second-order valence-corrected chi connectivity index (χ2v) is 7.73. The number of aliphatic hydroxyl groups excluding tert-OH is 1. The summed E-state index contributed by atoms with van der Waals surface area (Å²) in [6.07, 6.45) is 4.35. The van der Waals surface area contributed by atoms with E-state index in [2.05, 4.69) is 10.1 Å². The first-order valence-corrected chi connectivity index (χ1v) is 9.71. The van der Waals surface area contributed by atoms with E-state index in [9.17, 15) is 9.90 Å². The summed E-state index contributed by atoms with van der Waals surface area (Å²) in [5.74, 6) is 0.481. The average molecular weight is 369 g/mol. The molecule has 7 heteroatoms. The highest BCUT2D eigenvalue weighted by Crippen LogP contribution is 2.40. The van der Waals surface area contributed by atoms with Crippen LogP contribution in [0.4, 0.5) is 0 Å². The summed E-state index contributed by atoms with van der Waals surface area (Å²) >= 11 is 0. The van der Waals surface area contributed by atoms with E-state index in [0.29, 0.717) is 25.6 Å². The zero-order chi connectivity index (χ0) is 18.8. The van der Waals surface area contributed by atoms with Crippen molar-refractivity contribution >= 4 is 5.91 Å². The standard InChI is InChI=1S/C20H27N5O2/c1-23(12-16-5-2-3-8-21-16)14-19(26)24-9-4-10-25-17(13-24)11-18(22-25)20(27)15-6-7-15/h2-3,5,8,11,15,20,27H,4,6-7,9-10,12-14H2,1H3/t20-/m0/s1. The van der Waals surface area contributed by atoms with Crippen LogP contribution < -0.4 is 0 Å². The van der Waals surface area contributed by atoms with Crippen molar-refractivity contribution < 1.29 is 9.90 Å². The molecule has 0 radical (unpaired) electrons. The molecule has 3 heterocycles. The molecule has 1 amide bonds. The Balaban J connectivity index is 1.38. The van der Waals surface area contributed by atoms with Crippen molar-refractivity contribution in [2.24, 2.45) is 5.92 Å². The number of aromatic nitrogens is 3. The number of nitrogens with zero attached hydrogens (tertiary/aromatic N) is 5. The van der Waals surface area contributed by atoms with Gasteiger partial charge in [-0.05, 0) is 50.4 Å². The molecule has 2 aromatic rings. The molecule has 0 saturated heterocycles. The lowest BCUT2D eigenvalue weighted by atomic mass is 10.1. The summed E-state index contributed by atoms with van der Waals surface area (Å²) in [7, 11) is 1.94. The molecule has 4 rings (SSSR count). The summed E-state index contributed by atoms with van der Waals surface area (Å²) in [5.41, 5.74) is 2.73. The summed E-state index contributed by atoms with van der Waals surface area (Å²) < 4.78 is 1.96. The van der Waals surface area contributed by atoms with Crippen LogP contribution in [0.2, 0.25) is 0 Å². The van der Waals surface area contributed by atoms with Crippen molar-refractivity contribution in [2.75, 3.05) is 20.1 Å². The van der Waals surface area contributed by atoms with Gasteiger partial charge in [0.1, 0.15) is 6.10 Å². The highest BCUT2D eigenvalue weighted by Gasteiger charge is 2.33. The van der Waals surface area contributed by atoms with Gasteiger partial charge in [-0.1, -0.05) is 6.07 Å². The van der Waals surface area contributed by atoms with Gasteiger partial charge in [-0.2, -0.15) is 5.10 Å². The van der Waals surface area contributed by atoms with Gasteiger partial charge in [0, 0.05) is 25.8 Å². The normalized spacial score (nSPS) is 18.3. The third-order valence-electron chi connectivity index (χ3n) is 5.32. The number of rotatable bonds is 6. The third kappa shape index (κ3) is 4.36. The zero-order valence-electron chi connectivity index (χ0n) is 15.8. The molecule has 144 valence electrons. The van der Waals surface area contributed by atoms with Crippen LogP contribution in [0.15, 0.2) is 30.5 Å². The second-order valence-electron chi connectivity index (χ2n) is 7.73. The highest BCUT2D eigenvalue weighted by atomic mass is 16.3. The first-order valence-electron chi connectivity index (χ1n) is 9.71. The van der Waals surface area contributed by atoms with Crippen molar-refractivity contribution in [1.29, 1.82) is 0 Å². The van der Waals surface area contributed by atoms with E-state index in [1.54, 1.807) is 6.20 Å². The highest BCUT2D eigenvalue weighted by molar-refractivity contribution is 5.78. The number of carbonyl (C=O) groups is 1. The number of amides is 1. The van der Waals surface area contributed by atoms with Crippen LogP contribution in [-0.4, -0.2) is 55.7 Å². The van der Waals surface area contributed by atoms with E-state index in [1.165, 1.54) is 0 Å². The van der Waals surface area contributed by atoms with Crippen molar-refractivity contribution in [3.8, 4) is 0 Å². The van der Waals surface area contributed by atoms with E-state index in [-0.39, 0.29) is 5.91 Å². The Kier molecular flexibility index (Phi) is 5.22. The molecule has 0 aromatic carbocycles. The predicted molar refractivity (Wildman–Crippen MR) is 101 cm³/mol. The Morgan fingerprint density at radius 1 is 1.37 bits per heavy atom. The summed E-state index contributed by atoms with van der Waals surface area (Å²) in [4.78, 5) is 21.0. The van der Waals surface area contributed by atoms with Gasteiger partial charge >= 0.3 is 0 Å². The van der Waals surface area contributed by atoms with Gasteiger partial charge in [-0.15, -0.1) is 0 Å². The van der Waals surface area contributed by atoms with Crippen molar-refractivity contribution in [3.63, 3.8) is 0 Å². The number of carbonyl (C=O) groups excluding carboxylic acids is 1. The molecular weight excluding hydrogens is 342 g/mol. The summed E-state index contributed by atoms with van der Waals surface area (Å²) in [5, 5.41) is 14.9. The second kappa shape index (κ2) is 7.78. The van der Waals surface area contributed by atoms with Crippen LogP contribution in [0.3, 0.4) is 0 Å². The fraction of sp³-hybridized carbons (Fsp3) is 0.550. The molecule has 1 fully saturated rings. The third-order valence-corrected chi connectivity index (χ3v) is 5.32. The number of hydrogen-bond acceptors (Lipinski definition) is 5. The Hall–Kier alpha value is -2.25. The maximum absolute atomic E-state index is 12.8. The van der Waals surface area contributed by atoms with Crippen LogP contribution in [0.1, 0.15) is 42.4 Å². The molecule has 0 spiro atoms. The summed E-state index contributed by atoms with van der Waals surface area (Å²) in [6, 6.07) is 7.80. The number of aliphatic hydroxyl groups is 1. The van der Waals surface area contributed by atoms with Crippen molar-refractivity contribution in [2.45, 2.75) is 45.0 Å². The molecule has 2 aromatic heterocycles. The molecule has 0 bridgehead atoms. The van der Waals surface area contributed by atoms with Gasteiger partial charge in [0.2, 0.25) is 5.91 Å². The number of aryl methyl sites for hydroxylation is 1. The average Bonchev–Trinajstić information content (AvgIpc) is 3.46. The minimum absolute atomic E-state index is 0.118. The van der Waals surface area contributed by atoms with E-state index >= 15 is 0 Å². The Morgan fingerprint density at radius 2 is 2.22 bits per heavy atom. The van der Waals surface area contributed by atoms with Gasteiger partial charge in [0.15, 0.2) is 0 Å². The van der Waals surface area contributed by atoms with Gasteiger partial charge in [0.25, 0.3) is 0 Å². The number of pyridine rings is 1. The SMILES string of the molecule is CN(CC(=O)N1CCCn2nc([C@@H](O)C3CC3)cc2C1)Cc1ccccn1.